The summed E-state index contributed by atoms with van der Waals surface area (Å²) < 4.78 is 5.34. The highest BCUT2D eigenvalue weighted by Gasteiger charge is 2.23. The number of aryl methyl sites for hydroxylation is 1. The number of carbonyl (C=O) groups is 1. The molecule has 5 nitrogen and oxygen atoms in total. The standard InChI is InChI=1S/C20H25N3O2/c1-15-16-4-2-3-5-18(16)21-19-7-9-22(8-6-17(15)19)14-20(24)23-10-12-25-13-11-23/h2-5H,6-14H2,1H3. The van der Waals surface area contributed by atoms with Crippen molar-refractivity contribution >= 4 is 16.8 Å². The van der Waals surface area contributed by atoms with Crippen molar-refractivity contribution in [3.63, 3.8) is 0 Å². The molecular formula is C20H25N3O2. The average Bonchev–Trinajstić information content (AvgIpc) is 2.85. The number of hydrogen-bond acceptors (Lipinski definition) is 4. The van der Waals surface area contributed by atoms with E-state index in [0.717, 1.165) is 44.5 Å². The molecular weight excluding hydrogens is 314 g/mol. The van der Waals surface area contributed by atoms with Gasteiger partial charge in [-0.2, -0.15) is 0 Å². The van der Waals surface area contributed by atoms with Crippen LogP contribution in [0.4, 0.5) is 0 Å². The van der Waals surface area contributed by atoms with Crippen LogP contribution in [-0.2, 0) is 22.4 Å². The molecule has 5 heteroatoms. The van der Waals surface area contributed by atoms with E-state index in [4.69, 9.17) is 9.72 Å². The second-order valence-corrected chi connectivity index (χ2v) is 6.95. The lowest BCUT2D eigenvalue weighted by atomic mass is 9.99. The zero-order valence-electron chi connectivity index (χ0n) is 14.8. The van der Waals surface area contributed by atoms with Crippen LogP contribution in [-0.4, -0.2) is 66.6 Å². The van der Waals surface area contributed by atoms with E-state index in [1.807, 2.05) is 11.0 Å². The molecule has 132 valence electrons. The smallest absolute Gasteiger partial charge is 0.236 e. The van der Waals surface area contributed by atoms with E-state index < -0.39 is 0 Å². The Morgan fingerprint density at radius 1 is 1.12 bits per heavy atom. The fourth-order valence-corrected chi connectivity index (χ4v) is 3.93. The van der Waals surface area contributed by atoms with Crippen molar-refractivity contribution < 1.29 is 9.53 Å². The highest BCUT2D eigenvalue weighted by Crippen LogP contribution is 2.25. The highest BCUT2D eigenvalue weighted by molar-refractivity contribution is 5.83. The maximum absolute atomic E-state index is 12.5. The van der Waals surface area contributed by atoms with Crippen molar-refractivity contribution in [2.45, 2.75) is 19.8 Å². The quantitative estimate of drug-likeness (QED) is 0.837. The molecule has 0 aliphatic carbocycles. The summed E-state index contributed by atoms with van der Waals surface area (Å²) in [4.78, 5) is 21.6. The van der Waals surface area contributed by atoms with Crippen LogP contribution in [0.15, 0.2) is 24.3 Å². The molecule has 0 saturated carbocycles. The summed E-state index contributed by atoms with van der Waals surface area (Å²) in [5.74, 6) is 0.226. The molecule has 4 rings (SSSR count). The fraction of sp³-hybridized carbons (Fsp3) is 0.500. The molecule has 1 amide bonds. The van der Waals surface area contributed by atoms with Gasteiger partial charge in [0.2, 0.25) is 5.91 Å². The van der Waals surface area contributed by atoms with Gasteiger partial charge in [0.15, 0.2) is 0 Å². The third-order valence-corrected chi connectivity index (χ3v) is 5.43. The van der Waals surface area contributed by atoms with Crippen LogP contribution in [0.2, 0.25) is 0 Å². The summed E-state index contributed by atoms with van der Waals surface area (Å²) >= 11 is 0. The Kier molecular flexibility index (Phi) is 4.68. The molecule has 0 atom stereocenters. The molecule has 0 radical (unpaired) electrons. The molecule has 1 fully saturated rings. The van der Waals surface area contributed by atoms with Gasteiger partial charge in [-0.1, -0.05) is 18.2 Å². The number of rotatable bonds is 2. The molecule has 1 aromatic carbocycles. The maximum Gasteiger partial charge on any atom is 0.236 e. The second kappa shape index (κ2) is 7.10. The number of pyridine rings is 1. The van der Waals surface area contributed by atoms with Crippen molar-refractivity contribution in [3.8, 4) is 0 Å². The Morgan fingerprint density at radius 3 is 2.72 bits per heavy atom. The van der Waals surface area contributed by atoms with Crippen LogP contribution in [0.3, 0.4) is 0 Å². The third kappa shape index (κ3) is 3.39. The van der Waals surface area contributed by atoms with Crippen LogP contribution in [0.25, 0.3) is 10.9 Å². The number of nitrogens with zero attached hydrogens (tertiary/aromatic N) is 3. The number of ether oxygens (including phenoxy) is 1. The van der Waals surface area contributed by atoms with Crippen LogP contribution in [0, 0.1) is 6.92 Å². The molecule has 0 N–H and O–H groups in total. The van der Waals surface area contributed by atoms with Crippen LogP contribution >= 0.6 is 0 Å². The second-order valence-electron chi connectivity index (χ2n) is 6.95. The van der Waals surface area contributed by atoms with Gasteiger partial charge in [-0.3, -0.25) is 14.7 Å². The highest BCUT2D eigenvalue weighted by atomic mass is 16.5. The predicted molar refractivity (Wildman–Crippen MR) is 97.7 cm³/mol. The molecule has 1 saturated heterocycles. The van der Waals surface area contributed by atoms with Gasteiger partial charge < -0.3 is 9.64 Å². The van der Waals surface area contributed by atoms with Crippen LogP contribution in [0.5, 0.6) is 0 Å². The van der Waals surface area contributed by atoms with E-state index in [9.17, 15) is 4.79 Å². The molecule has 0 unspecified atom stereocenters. The van der Waals surface area contributed by atoms with Gasteiger partial charge in [-0.25, -0.2) is 0 Å². The zero-order valence-corrected chi connectivity index (χ0v) is 14.8. The minimum atomic E-state index is 0.226. The van der Waals surface area contributed by atoms with Crippen molar-refractivity contribution in [2.24, 2.45) is 0 Å². The summed E-state index contributed by atoms with van der Waals surface area (Å²) in [5.41, 5.74) is 5.01. The van der Waals surface area contributed by atoms with E-state index in [1.165, 1.54) is 22.2 Å². The molecule has 2 aromatic rings. The number of para-hydroxylation sites is 1. The van der Waals surface area contributed by atoms with Crippen molar-refractivity contribution in [1.82, 2.24) is 14.8 Å². The monoisotopic (exact) mass is 339 g/mol. The Balaban J connectivity index is 1.49. The molecule has 2 aliphatic rings. The molecule has 0 spiro atoms. The Bertz CT molecular complexity index is 784. The first-order valence-corrected chi connectivity index (χ1v) is 9.17. The van der Waals surface area contributed by atoms with Gasteiger partial charge in [-0.05, 0) is 30.5 Å². The van der Waals surface area contributed by atoms with Gasteiger partial charge in [0.25, 0.3) is 0 Å². The van der Waals surface area contributed by atoms with Crippen molar-refractivity contribution in [3.05, 3.63) is 41.1 Å². The summed E-state index contributed by atoms with van der Waals surface area (Å²) in [6.07, 6.45) is 1.88. The first-order chi connectivity index (χ1) is 12.2. The first-order valence-electron chi connectivity index (χ1n) is 9.17. The van der Waals surface area contributed by atoms with Crippen molar-refractivity contribution in [1.29, 1.82) is 0 Å². The number of morpholine rings is 1. The minimum absolute atomic E-state index is 0.226. The number of benzene rings is 1. The minimum Gasteiger partial charge on any atom is -0.378 e. The normalized spacial score (nSPS) is 18.8. The Labute approximate surface area is 148 Å². The van der Waals surface area contributed by atoms with E-state index >= 15 is 0 Å². The summed E-state index contributed by atoms with van der Waals surface area (Å²) in [6.45, 7) is 7.29. The van der Waals surface area contributed by atoms with Gasteiger partial charge in [0.05, 0.1) is 25.3 Å². The Hall–Kier alpha value is -1.98. The molecule has 2 aliphatic heterocycles. The van der Waals surface area contributed by atoms with Crippen LogP contribution < -0.4 is 0 Å². The number of amides is 1. The molecule has 0 bridgehead atoms. The zero-order chi connectivity index (χ0) is 17.2. The van der Waals surface area contributed by atoms with Gasteiger partial charge in [0, 0.05) is 43.7 Å². The average molecular weight is 339 g/mol. The van der Waals surface area contributed by atoms with Gasteiger partial charge in [0.1, 0.15) is 0 Å². The maximum atomic E-state index is 12.5. The summed E-state index contributed by atoms with van der Waals surface area (Å²) in [7, 11) is 0. The number of aromatic nitrogens is 1. The van der Waals surface area contributed by atoms with E-state index in [-0.39, 0.29) is 5.91 Å². The lowest BCUT2D eigenvalue weighted by molar-refractivity contribution is -0.136. The first kappa shape index (κ1) is 16.5. The number of hydrogen-bond donors (Lipinski definition) is 0. The SMILES string of the molecule is Cc1c2c(nc3ccccc13)CCN(CC(=O)N1CCOCC1)CC2. The molecule has 1 aromatic heterocycles. The van der Waals surface area contributed by atoms with Crippen molar-refractivity contribution in [2.75, 3.05) is 45.9 Å². The number of carbonyl (C=O) groups excluding carboxylic acids is 1. The topological polar surface area (TPSA) is 45.7 Å². The lowest BCUT2D eigenvalue weighted by Crippen LogP contribution is -2.46. The fourth-order valence-electron chi connectivity index (χ4n) is 3.93. The largest absolute Gasteiger partial charge is 0.378 e. The summed E-state index contributed by atoms with van der Waals surface area (Å²) in [5, 5.41) is 1.25. The molecule has 25 heavy (non-hydrogen) atoms. The van der Waals surface area contributed by atoms with E-state index in [1.54, 1.807) is 0 Å². The van der Waals surface area contributed by atoms with E-state index in [2.05, 4.69) is 30.0 Å². The number of fused-ring (bicyclic) bond motifs is 2. The van der Waals surface area contributed by atoms with E-state index in [0.29, 0.717) is 19.8 Å². The molecule has 3 heterocycles. The predicted octanol–water partition coefficient (Wildman–Crippen LogP) is 1.80. The summed E-state index contributed by atoms with van der Waals surface area (Å²) in [6, 6.07) is 8.37. The van der Waals surface area contributed by atoms with Gasteiger partial charge >= 0.3 is 0 Å². The third-order valence-electron chi connectivity index (χ3n) is 5.43. The lowest BCUT2D eigenvalue weighted by Gasteiger charge is -2.29. The Morgan fingerprint density at radius 2 is 1.88 bits per heavy atom. The van der Waals surface area contributed by atoms with Gasteiger partial charge in [-0.15, -0.1) is 0 Å². The van der Waals surface area contributed by atoms with Crippen LogP contribution in [0.1, 0.15) is 16.8 Å².